The Kier molecular flexibility index (Phi) is 4.30. The summed E-state index contributed by atoms with van der Waals surface area (Å²) >= 11 is 0. The van der Waals surface area contributed by atoms with Crippen molar-refractivity contribution in [1.29, 1.82) is 0 Å². The van der Waals surface area contributed by atoms with Crippen molar-refractivity contribution >= 4 is 11.8 Å². The van der Waals surface area contributed by atoms with Crippen LogP contribution in [0.5, 0.6) is 0 Å². The van der Waals surface area contributed by atoms with Crippen LogP contribution in [-0.2, 0) is 6.42 Å². The lowest BCUT2D eigenvalue weighted by atomic mass is 10.1. The number of hydrogen-bond donors (Lipinski definition) is 2. The highest BCUT2D eigenvalue weighted by Crippen LogP contribution is 2.19. The fraction of sp³-hybridized carbons (Fsp3) is 0.267. The summed E-state index contributed by atoms with van der Waals surface area (Å²) in [5.41, 5.74) is 2.08. The van der Waals surface area contributed by atoms with Gasteiger partial charge in [0.25, 0.3) is 0 Å². The van der Waals surface area contributed by atoms with Crippen LogP contribution in [0.15, 0.2) is 36.7 Å². The molecule has 104 valence electrons. The minimum Gasteiger partial charge on any atom is -0.478 e. The highest BCUT2D eigenvalue weighted by atomic mass is 16.4. The lowest BCUT2D eigenvalue weighted by Crippen LogP contribution is -2.10. The number of rotatable bonds is 5. The molecule has 0 aliphatic carbocycles. The minimum absolute atomic E-state index is 0.0271. The summed E-state index contributed by atoms with van der Waals surface area (Å²) in [5, 5.41) is 12.3. The van der Waals surface area contributed by atoms with Crippen LogP contribution in [0.4, 0.5) is 5.82 Å². The van der Waals surface area contributed by atoms with Gasteiger partial charge in [-0.25, -0.2) is 9.78 Å². The van der Waals surface area contributed by atoms with Crippen LogP contribution in [-0.4, -0.2) is 21.0 Å². The van der Waals surface area contributed by atoms with Crippen LogP contribution in [0.3, 0.4) is 0 Å². The van der Waals surface area contributed by atoms with Crippen LogP contribution in [0, 0.1) is 0 Å². The standard InChI is InChI=1S/C15H17N3O2/c1-3-13-8-12(15(19)20)9-14(18-13)17-10(2)11-4-6-16-7-5-11/h4-10H,3H2,1-2H3,(H,17,18)(H,19,20). The SMILES string of the molecule is CCc1cc(C(=O)O)cc(NC(C)c2ccncc2)n1. The van der Waals surface area contributed by atoms with E-state index in [4.69, 9.17) is 5.11 Å². The van der Waals surface area contributed by atoms with Crippen LogP contribution >= 0.6 is 0 Å². The van der Waals surface area contributed by atoms with E-state index in [2.05, 4.69) is 15.3 Å². The van der Waals surface area contributed by atoms with Crippen molar-refractivity contribution in [2.24, 2.45) is 0 Å². The lowest BCUT2D eigenvalue weighted by Gasteiger charge is -2.15. The molecule has 2 rings (SSSR count). The third-order valence-corrected chi connectivity index (χ3v) is 3.06. The molecule has 0 saturated heterocycles. The number of carbonyl (C=O) groups is 1. The zero-order valence-corrected chi connectivity index (χ0v) is 11.5. The Labute approximate surface area is 117 Å². The number of pyridine rings is 2. The molecule has 0 fully saturated rings. The van der Waals surface area contributed by atoms with Crippen molar-refractivity contribution in [1.82, 2.24) is 9.97 Å². The van der Waals surface area contributed by atoms with Gasteiger partial charge >= 0.3 is 5.97 Å². The van der Waals surface area contributed by atoms with Crippen molar-refractivity contribution < 1.29 is 9.90 Å². The Hall–Kier alpha value is -2.43. The first kappa shape index (κ1) is 14.0. The Morgan fingerprint density at radius 2 is 2.05 bits per heavy atom. The predicted molar refractivity (Wildman–Crippen MR) is 76.8 cm³/mol. The van der Waals surface area contributed by atoms with Gasteiger partial charge < -0.3 is 10.4 Å². The van der Waals surface area contributed by atoms with Crippen LogP contribution in [0.1, 0.15) is 41.5 Å². The number of aryl methyl sites for hydroxylation is 1. The highest BCUT2D eigenvalue weighted by Gasteiger charge is 2.10. The number of hydrogen-bond acceptors (Lipinski definition) is 4. The monoisotopic (exact) mass is 271 g/mol. The summed E-state index contributed by atoms with van der Waals surface area (Å²) in [4.78, 5) is 19.5. The van der Waals surface area contributed by atoms with Gasteiger partial charge in [-0.1, -0.05) is 6.92 Å². The van der Waals surface area contributed by atoms with E-state index >= 15 is 0 Å². The first-order chi connectivity index (χ1) is 9.60. The second-order valence-electron chi connectivity index (χ2n) is 4.54. The Morgan fingerprint density at radius 3 is 2.65 bits per heavy atom. The minimum atomic E-state index is -0.943. The number of aromatic carboxylic acids is 1. The molecule has 1 unspecified atom stereocenters. The first-order valence-corrected chi connectivity index (χ1v) is 6.51. The Balaban J connectivity index is 2.24. The van der Waals surface area contributed by atoms with Gasteiger partial charge in [-0.3, -0.25) is 4.98 Å². The van der Waals surface area contributed by atoms with Crippen molar-refractivity contribution in [2.75, 3.05) is 5.32 Å². The van der Waals surface area contributed by atoms with Gasteiger partial charge in [-0.05, 0) is 43.2 Å². The quantitative estimate of drug-likeness (QED) is 0.874. The van der Waals surface area contributed by atoms with Crippen molar-refractivity contribution in [3.05, 3.63) is 53.5 Å². The maximum absolute atomic E-state index is 11.1. The molecule has 0 spiro atoms. The molecule has 2 heterocycles. The summed E-state index contributed by atoms with van der Waals surface area (Å²) in [5.74, 6) is -0.368. The highest BCUT2D eigenvalue weighted by molar-refractivity contribution is 5.88. The molecule has 2 N–H and O–H groups in total. The molecule has 0 amide bonds. The van der Waals surface area contributed by atoms with E-state index in [1.165, 1.54) is 0 Å². The smallest absolute Gasteiger partial charge is 0.335 e. The third-order valence-electron chi connectivity index (χ3n) is 3.06. The molecule has 2 aromatic rings. The Bertz CT molecular complexity index is 599. The van der Waals surface area contributed by atoms with Crippen molar-refractivity contribution in [3.63, 3.8) is 0 Å². The lowest BCUT2D eigenvalue weighted by molar-refractivity contribution is 0.0696. The Morgan fingerprint density at radius 1 is 1.35 bits per heavy atom. The molecule has 20 heavy (non-hydrogen) atoms. The predicted octanol–water partition coefficient (Wildman–Crippen LogP) is 2.91. The summed E-state index contributed by atoms with van der Waals surface area (Å²) in [6, 6.07) is 7.02. The normalized spacial score (nSPS) is 11.9. The topological polar surface area (TPSA) is 75.1 Å². The molecule has 2 aromatic heterocycles. The van der Waals surface area contributed by atoms with Gasteiger partial charge in [0.1, 0.15) is 5.82 Å². The number of anilines is 1. The average Bonchev–Trinajstić information content (AvgIpc) is 2.47. The second-order valence-corrected chi connectivity index (χ2v) is 4.54. The molecule has 5 heteroatoms. The molecule has 0 saturated carbocycles. The van der Waals surface area contributed by atoms with Crippen molar-refractivity contribution in [3.8, 4) is 0 Å². The molecule has 0 bridgehead atoms. The molecular formula is C15H17N3O2. The third kappa shape index (κ3) is 3.32. The molecule has 5 nitrogen and oxygen atoms in total. The van der Waals surface area contributed by atoms with Crippen LogP contribution in [0.2, 0.25) is 0 Å². The van der Waals surface area contributed by atoms with E-state index in [9.17, 15) is 4.79 Å². The van der Waals surface area contributed by atoms with E-state index < -0.39 is 5.97 Å². The number of aromatic nitrogens is 2. The number of carboxylic acids is 1. The fourth-order valence-corrected chi connectivity index (χ4v) is 1.92. The molecular weight excluding hydrogens is 254 g/mol. The summed E-state index contributed by atoms with van der Waals surface area (Å²) in [6.45, 7) is 3.94. The van der Waals surface area contributed by atoms with Gasteiger partial charge in [-0.15, -0.1) is 0 Å². The van der Waals surface area contributed by atoms with Gasteiger partial charge in [0.2, 0.25) is 0 Å². The van der Waals surface area contributed by atoms with E-state index in [0.29, 0.717) is 12.2 Å². The first-order valence-electron chi connectivity index (χ1n) is 6.51. The number of carboxylic acid groups (broad SMARTS) is 1. The van der Waals surface area contributed by atoms with Gasteiger partial charge in [0.15, 0.2) is 0 Å². The summed E-state index contributed by atoms with van der Waals surface area (Å²) < 4.78 is 0. The van der Waals surface area contributed by atoms with Crippen molar-refractivity contribution in [2.45, 2.75) is 26.3 Å². The van der Waals surface area contributed by atoms with Gasteiger partial charge in [-0.2, -0.15) is 0 Å². The average molecular weight is 271 g/mol. The largest absolute Gasteiger partial charge is 0.478 e. The molecule has 0 aliphatic heterocycles. The number of nitrogens with zero attached hydrogens (tertiary/aromatic N) is 2. The summed E-state index contributed by atoms with van der Waals surface area (Å²) in [6.07, 6.45) is 4.15. The molecule has 0 radical (unpaired) electrons. The van der Waals surface area contributed by atoms with E-state index in [1.807, 2.05) is 26.0 Å². The maximum Gasteiger partial charge on any atom is 0.335 e. The molecule has 0 aliphatic rings. The zero-order chi connectivity index (χ0) is 14.5. The van der Waals surface area contributed by atoms with Crippen LogP contribution in [0.25, 0.3) is 0 Å². The van der Waals surface area contributed by atoms with Gasteiger partial charge in [0.05, 0.1) is 11.6 Å². The van der Waals surface area contributed by atoms with E-state index in [1.54, 1.807) is 24.5 Å². The zero-order valence-electron chi connectivity index (χ0n) is 11.5. The second kappa shape index (κ2) is 6.14. The molecule has 0 aromatic carbocycles. The van der Waals surface area contributed by atoms with Gasteiger partial charge in [0, 0.05) is 18.1 Å². The maximum atomic E-state index is 11.1. The van der Waals surface area contributed by atoms with Crippen LogP contribution < -0.4 is 5.32 Å². The summed E-state index contributed by atoms with van der Waals surface area (Å²) in [7, 11) is 0. The molecule has 1 atom stereocenters. The number of nitrogens with one attached hydrogen (secondary N) is 1. The fourth-order valence-electron chi connectivity index (χ4n) is 1.92. The van der Waals surface area contributed by atoms with E-state index in [-0.39, 0.29) is 11.6 Å². The van der Waals surface area contributed by atoms with E-state index in [0.717, 1.165) is 11.3 Å².